The number of aromatic nitrogens is 2. The molecule has 8 nitrogen and oxygen atoms in total. The van der Waals surface area contributed by atoms with E-state index in [1.807, 2.05) is 32.0 Å². The van der Waals surface area contributed by atoms with Gasteiger partial charge in [-0.05, 0) is 35.7 Å². The van der Waals surface area contributed by atoms with Gasteiger partial charge in [0.2, 0.25) is 5.91 Å². The second-order valence-corrected chi connectivity index (χ2v) is 9.58. The molecule has 0 saturated carbocycles. The maximum atomic E-state index is 13.1. The molecule has 0 fully saturated rings. The lowest BCUT2D eigenvalue weighted by Crippen LogP contribution is -2.39. The lowest BCUT2D eigenvalue weighted by atomic mass is 10.2. The molecule has 0 atom stereocenters. The first-order valence-electron chi connectivity index (χ1n) is 10.1. The zero-order valence-electron chi connectivity index (χ0n) is 17.7. The second-order valence-electron chi connectivity index (χ2n) is 7.76. The maximum Gasteiger partial charge on any atom is 0.340 e. The van der Waals surface area contributed by atoms with Gasteiger partial charge in [-0.15, -0.1) is 12.4 Å². The van der Waals surface area contributed by atoms with Crippen molar-refractivity contribution in [3.05, 3.63) is 70.8 Å². The third-order valence-corrected chi connectivity index (χ3v) is 6.88. The van der Waals surface area contributed by atoms with Crippen LogP contribution < -0.4 is 15.9 Å². The summed E-state index contributed by atoms with van der Waals surface area (Å²) in [6.45, 7) is 4.65. The predicted molar refractivity (Wildman–Crippen MR) is 126 cm³/mol. The molecule has 3 aromatic rings. The van der Waals surface area contributed by atoms with Crippen LogP contribution >= 0.6 is 12.4 Å². The topological polar surface area (TPSA) is 104 Å². The summed E-state index contributed by atoms with van der Waals surface area (Å²) in [6, 6.07) is 13.9. The minimum atomic E-state index is -4.08. The summed E-state index contributed by atoms with van der Waals surface area (Å²) < 4.78 is 27.0. The summed E-state index contributed by atoms with van der Waals surface area (Å²) in [5.41, 5.74) is 1.89. The minimum Gasteiger partial charge on any atom is -0.311 e. The molecule has 1 aliphatic rings. The molecule has 0 aliphatic carbocycles. The van der Waals surface area contributed by atoms with Crippen LogP contribution in [0.25, 0.3) is 11.3 Å². The Labute approximate surface area is 192 Å². The van der Waals surface area contributed by atoms with E-state index in [2.05, 4.69) is 10.3 Å². The molecule has 10 heteroatoms. The van der Waals surface area contributed by atoms with Crippen molar-refractivity contribution in [3.63, 3.8) is 0 Å². The molecule has 2 heterocycles. The third kappa shape index (κ3) is 4.50. The van der Waals surface area contributed by atoms with Crippen molar-refractivity contribution in [1.82, 2.24) is 14.3 Å². The van der Waals surface area contributed by atoms with Crippen molar-refractivity contribution in [2.24, 2.45) is 0 Å². The van der Waals surface area contributed by atoms with Gasteiger partial charge in [0.05, 0.1) is 23.3 Å². The van der Waals surface area contributed by atoms with E-state index in [1.54, 1.807) is 29.2 Å². The highest BCUT2D eigenvalue weighted by molar-refractivity contribution is 7.90. The summed E-state index contributed by atoms with van der Waals surface area (Å²) in [6.07, 6.45) is 1.86. The number of benzene rings is 2. The monoisotopic (exact) mass is 476 g/mol. The Bertz CT molecular complexity index is 1280. The standard InChI is InChI=1S/C22H24N4O4S.ClH/c1-15(2)23-13-21(27)25-11-10-17-12-18(8-9-20(17)25)31(29,30)26-14-19(24-22(26)28)16-6-4-3-5-7-16;/h3-9,12,14-15,23H,10-11,13H2,1-2H3,(H,24,28);1H. The van der Waals surface area contributed by atoms with Crippen LogP contribution in [0.3, 0.4) is 0 Å². The number of hydrogen-bond acceptors (Lipinski definition) is 5. The number of carbonyl (C=O) groups excluding carboxylic acids is 1. The fourth-order valence-electron chi connectivity index (χ4n) is 3.62. The van der Waals surface area contributed by atoms with Crippen molar-refractivity contribution in [2.45, 2.75) is 31.2 Å². The summed E-state index contributed by atoms with van der Waals surface area (Å²) >= 11 is 0. The van der Waals surface area contributed by atoms with Gasteiger partial charge in [-0.1, -0.05) is 44.2 Å². The zero-order chi connectivity index (χ0) is 22.2. The van der Waals surface area contributed by atoms with E-state index in [4.69, 9.17) is 0 Å². The number of halogens is 1. The van der Waals surface area contributed by atoms with Gasteiger partial charge in [-0.25, -0.2) is 13.2 Å². The lowest BCUT2D eigenvalue weighted by molar-refractivity contribution is -0.117. The van der Waals surface area contributed by atoms with Gasteiger partial charge in [0, 0.05) is 18.3 Å². The number of nitrogens with one attached hydrogen (secondary N) is 2. The number of nitrogens with zero attached hydrogens (tertiary/aromatic N) is 2. The van der Waals surface area contributed by atoms with Gasteiger partial charge < -0.3 is 15.2 Å². The average molecular weight is 477 g/mol. The first-order chi connectivity index (χ1) is 14.8. The Morgan fingerprint density at radius 3 is 2.56 bits per heavy atom. The van der Waals surface area contributed by atoms with Crippen molar-refractivity contribution in [2.75, 3.05) is 18.0 Å². The summed E-state index contributed by atoms with van der Waals surface area (Å²) in [7, 11) is -4.08. The highest BCUT2D eigenvalue weighted by Gasteiger charge is 2.28. The number of rotatable bonds is 6. The molecule has 0 spiro atoms. The van der Waals surface area contributed by atoms with E-state index in [-0.39, 0.29) is 35.8 Å². The Hall–Kier alpha value is -2.88. The van der Waals surface area contributed by atoms with Gasteiger partial charge in [0.1, 0.15) is 0 Å². The fourth-order valence-corrected chi connectivity index (χ4v) is 4.89. The minimum absolute atomic E-state index is 0. The van der Waals surface area contributed by atoms with Crippen LogP contribution in [0.4, 0.5) is 5.69 Å². The molecule has 1 aliphatic heterocycles. The number of amides is 1. The van der Waals surface area contributed by atoms with Gasteiger partial charge in [-0.3, -0.25) is 4.79 Å². The third-order valence-electron chi connectivity index (χ3n) is 5.24. The largest absolute Gasteiger partial charge is 0.340 e. The molecule has 4 rings (SSSR count). The van der Waals surface area contributed by atoms with Gasteiger partial charge in [-0.2, -0.15) is 3.97 Å². The highest BCUT2D eigenvalue weighted by atomic mass is 35.5. The molecule has 0 radical (unpaired) electrons. The Morgan fingerprint density at radius 1 is 1.16 bits per heavy atom. The molecule has 1 amide bonds. The number of hydrogen-bond donors (Lipinski definition) is 2. The Balaban J connectivity index is 0.00000289. The van der Waals surface area contributed by atoms with Crippen LogP contribution in [0.2, 0.25) is 0 Å². The fraction of sp³-hybridized carbons (Fsp3) is 0.273. The predicted octanol–water partition coefficient (Wildman–Crippen LogP) is 2.39. The number of imidazole rings is 1. The average Bonchev–Trinajstić information content (AvgIpc) is 3.36. The van der Waals surface area contributed by atoms with Gasteiger partial charge in [0.15, 0.2) is 0 Å². The normalized spacial score (nSPS) is 13.2. The zero-order valence-corrected chi connectivity index (χ0v) is 19.4. The maximum absolute atomic E-state index is 13.1. The summed E-state index contributed by atoms with van der Waals surface area (Å²) in [5.74, 6) is -0.0579. The molecule has 32 heavy (non-hydrogen) atoms. The quantitative estimate of drug-likeness (QED) is 0.568. The van der Waals surface area contributed by atoms with Crippen molar-refractivity contribution in [1.29, 1.82) is 0 Å². The van der Waals surface area contributed by atoms with Crippen LogP contribution in [0.5, 0.6) is 0 Å². The number of H-pyrrole nitrogens is 1. The van der Waals surface area contributed by atoms with Crippen LogP contribution in [-0.2, 0) is 21.2 Å². The smallest absolute Gasteiger partial charge is 0.311 e. The molecular weight excluding hydrogens is 452 g/mol. The van der Waals surface area contributed by atoms with E-state index in [0.29, 0.717) is 29.9 Å². The van der Waals surface area contributed by atoms with E-state index in [0.717, 1.165) is 9.54 Å². The van der Waals surface area contributed by atoms with E-state index < -0.39 is 15.7 Å². The van der Waals surface area contributed by atoms with E-state index in [9.17, 15) is 18.0 Å². The molecule has 0 saturated heterocycles. The summed E-state index contributed by atoms with van der Waals surface area (Å²) in [4.78, 5) is 29.2. The van der Waals surface area contributed by atoms with Crippen molar-refractivity contribution in [3.8, 4) is 11.3 Å². The molecule has 1 aromatic heterocycles. The highest BCUT2D eigenvalue weighted by Crippen LogP contribution is 2.31. The number of aromatic amines is 1. The Kier molecular flexibility index (Phi) is 6.92. The SMILES string of the molecule is CC(C)NCC(=O)N1CCc2cc(S(=O)(=O)n3cc(-c4ccccc4)[nH]c3=O)ccc21.Cl. The van der Waals surface area contributed by atoms with Crippen molar-refractivity contribution < 1.29 is 13.2 Å². The van der Waals surface area contributed by atoms with Crippen LogP contribution in [0.15, 0.2) is 64.4 Å². The van der Waals surface area contributed by atoms with E-state index >= 15 is 0 Å². The van der Waals surface area contributed by atoms with Crippen LogP contribution in [0, 0.1) is 0 Å². The number of carbonyl (C=O) groups is 1. The molecule has 170 valence electrons. The number of anilines is 1. The van der Waals surface area contributed by atoms with E-state index in [1.165, 1.54) is 12.3 Å². The van der Waals surface area contributed by atoms with Gasteiger partial charge in [0.25, 0.3) is 10.0 Å². The molecular formula is C22H25ClN4O4S. The van der Waals surface area contributed by atoms with Gasteiger partial charge >= 0.3 is 5.69 Å². The summed E-state index contributed by atoms with van der Waals surface area (Å²) in [5, 5.41) is 3.10. The lowest BCUT2D eigenvalue weighted by Gasteiger charge is -2.19. The molecule has 2 aromatic carbocycles. The first kappa shape index (κ1) is 23.8. The molecule has 0 bridgehead atoms. The number of fused-ring (bicyclic) bond motifs is 1. The molecule has 0 unspecified atom stereocenters. The Morgan fingerprint density at radius 2 is 1.88 bits per heavy atom. The van der Waals surface area contributed by atoms with Crippen LogP contribution in [0.1, 0.15) is 19.4 Å². The second kappa shape index (κ2) is 9.32. The van der Waals surface area contributed by atoms with Crippen molar-refractivity contribution >= 4 is 34.0 Å². The molecule has 2 N–H and O–H groups in total. The first-order valence-corrected chi connectivity index (χ1v) is 11.5. The van der Waals surface area contributed by atoms with Crippen LogP contribution in [-0.4, -0.2) is 42.4 Å².